The van der Waals surface area contributed by atoms with Gasteiger partial charge in [-0.05, 0) is 56.4 Å². The van der Waals surface area contributed by atoms with E-state index in [-0.39, 0.29) is 5.91 Å². The fourth-order valence-electron chi connectivity index (χ4n) is 3.40. The minimum Gasteiger partial charge on any atom is -0.367 e. The van der Waals surface area contributed by atoms with Crippen molar-refractivity contribution in [3.63, 3.8) is 0 Å². The van der Waals surface area contributed by atoms with Crippen LogP contribution in [0.1, 0.15) is 48.5 Å². The summed E-state index contributed by atoms with van der Waals surface area (Å²) in [5.41, 5.74) is 3.30. The van der Waals surface area contributed by atoms with Gasteiger partial charge in [0.25, 0.3) is 5.91 Å². The summed E-state index contributed by atoms with van der Waals surface area (Å²) in [5, 5.41) is 3.54. The second-order valence-corrected chi connectivity index (χ2v) is 7.03. The maximum absolute atomic E-state index is 12.7. The molecule has 1 aliphatic heterocycles. The van der Waals surface area contributed by atoms with E-state index in [1.807, 2.05) is 31.3 Å². The van der Waals surface area contributed by atoms with Gasteiger partial charge in [-0.15, -0.1) is 0 Å². The molecule has 3 rings (SSSR count). The highest BCUT2D eigenvalue weighted by Gasteiger charge is 2.22. The van der Waals surface area contributed by atoms with Gasteiger partial charge in [-0.2, -0.15) is 0 Å². The SMILES string of the molecule is CCC1CCCCN1c1cncc(C(=O)Nc2cc(Cl)ccc2C)c1. The average Bonchev–Trinajstić information content (AvgIpc) is 2.64. The first kappa shape index (κ1) is 17.7. The predicted molar refractivity (Wildman–Crippen MR) is 104 cm³/mol. The fourth-order valence-corrected chi connectivity index (χ4v) is 3.57. The molecule has 0 spiro atoms. The number of piperidine rings is 1. The molecule has 1 N–H and O–H groups in total. The Labute approximate surface area is 154 Å². The van der Waals surface area contributed by atoms with E-state index in [1.54, 1.807) is 12.3 Å². The van der Waals surface area contributed by atoms with Gasteiger partial charge in [0.15, 0.2) is 0 Å². The van der Waals surface area contributed by atoms with Gasteiger partial charge in [-0.3, -0.25) is 9.78 Å². The number of amides is 1. The third-order valence-corrected chi connectivity index (χ3v) is 5.10. The number of nitrogens with zero attached hydrogens (tertiary/aromatic N) is 2. The van der Waals surface area contributed by atoms with Crippen molar-refractivity contribution in [2.24, 2.45) is 0 Å². The van der Waals surface area contributed by atoms with Crippen molar-refractivity contribution in [3.8, 4) is 0 Å². The Morgan fingerprint density at radius 3 is 2.96 bits per heavy atom. The zero-order valence-corrected chi connectivity index (χ0v) is 15.5. The van der Waals surface area contributed by atoms with Crippen LogP contribution in [0.15, 0.2) is 36.7 Å². The van der Waals surface area contributed by atoms with E-state index in [0.717, 1.165) is 29.9 Å². The van der Waals surface area contributed by atoms with E-state index in [1.165, 1.54) is 19.3 Å². The molecule has 2 heterocycles. The Morgan fingerprint density at radius 1 is 1.32 bits per heavy atom. The van der Waals surface area contributed by atoms with Crippen LogP contribution < -0.4 is 10.2 Å². The van der Waals surface area contributed by atoms with Gasteiger partial charge in [0.2, 0.25) is 0 Å². The molecule has 1 unspecified atom stereocenters. The second kappa shape index (κ2) is 7.87. The molecule has 1 aliphatic rings. The Morgan fingerprint density at radius 2 is 2.16 bits per heavy atom. The molecule has 2 aromatic rings. The molecule has 1 atom stereocenters. The first-order valence-corrected chi connectivity index (χ1v) is 9.25. The molecular formula is C20H24ClN3O. The molecule has 1 aromatic heterocycles. The van der Waals surface area contributed by atoms with Crippen molar-refractivity contribution in [1.82, 2.24) is 4.98 Å². The van der Waals surface area contributed by atoms with E-state index in [9.17, 15) is 4.79 Å². The highest BCUT2D eigenvalue weighted by Crippen LogP contribution is 2.27. The minimum atomic E-state index is -0.162. The smallest absolute Gasteiger partial charge is 0.257 e. The van der Waals surface area contributed by atoms with Crippen molar-refractivity contribution in [2.75, 3.05) is 16.8 Å². The number of pyridine rings is 1. The number of carbonyl (C=O) groups is 1. The Kier molecular flexibility index (Phi) is 5.59. The van der Waals surface area contributed by atoms with Crippen LogP contribution in [0.5, 0.6) is 0 Å². The Hall–Kier alpha value is -2.07. The van der Waals surface area contributed by atoms with Crippen LogP contribution in [-0.4, -0.2) is 23.5 Å². The summed E-state index contributed by atoms with van der Waals surface area (Å²) >= 11 is 6.03. The zero-order valence-electron chi connectivity index (χ0n) is 14.8. The van der Waals surface area contributed by atoms with Gasteiger partial charge in [-0.25, -0.2) is 0 Å². The third kappa shape index (κ3) is 4.13. The number of carbonyl (C=O) groups excluding carboxylic acids is 1. The van der Waals surface area contributed by atoms with E-state index in [4.69, 9.17) is 11.6 Å². The summed E-state index contributed by atoms with van der Waals surface area (Å²) in [6.07, 6.45) is 8.25. The van der Waals surface area contributed by atoms with Crippen LogP contribution in [0, 0.1) is 6.92 Å². The lowest BCUT2D eigenvalue weighted by Gasteiger charge is -2.37. The number of rotatable bonds is 4. The van der Waals surface area contributed by atoms with Gasteiger partial charge in [0, 0.05) is 29.5 Å². The molecular weight excluding hydrogens is 334 g/mol. The first-order chi connectivity index (χ1) is 12.1. The van der Waals surface area contributed by atoms with Gasteiger partial charge < -0.3 is 10.2 Å². The average molecular weight is 358 g/mol. The summed E-state index contributed by atoms with van der Waals surface area (Å²) < 4.78 is 0. The van der Waals surface area contributed by atoms with Crippen molar-refractivity contribution in [1.29, 1.82) is 0 Å². The number of benzene rings is 1. The van der Waals surface area contributed by atoms with Crippen molar-refractivity contribution < 1.29 is 4.79 Å². The number of nitrogens with one attached hydrogen (secondary N) is 1. The number of aryl methyl sites for hydroxylation is 1. The van der Waals surface area contributed by atoms with Crippen LogP contribution in [0.3, 0.4) is 0 Å². The molecule has 1 saturated heterocycles. The molecule has 132 valence electrons. The maximum Gasteiger partial charge on any atom is 0.257 e. The van der Waals surface area contributed by atoms with Crippen LogP contribution in [0.2, 0.25) is 5.02 Å². The normalized spacial score (nSPS) is 17.4. The second-order valence-electron chi connectivity index (χ2n) is 6.60. The lowest BCUT2D eigenvalue weighted by molar-refractivity contribution is 0.102. The largest absolute Gasteiger partial charge is 0.367 e. The van der Waals surface area contributed by atoms with Gasteiger partial charge in [-0.1, -0.05) is 24.6 Å². The molecule has 4 nitrogen and oxygen atoms in total. The molecule has 25 heavy (non-hydrogen) atoms. The molecule has 0 saturated carbocycles. The molecule has 0 aliphatic carbocycles. The molecule has 0 bridgehead atoms. The fraction of sp³-hybridized carbons (Fsp3) is 0.400. The Balaban J connectivity index is 1.81. The van der Waals surface area contributed by atoms with Crippen LogP contribution in [-0.2, 0) is 0 Å². The van der Waals surface area contributed by atoms with Crippen molar-refractivity contribution in [2.45, 2.75) is 45.6 Å². The number of hydrogen-bond acceptors (Lipinski definition) is 3. The highest BCUT2D eigenvalue weighted by molar-refractivity contribution is 6.31. The van der Waals surface area contributed by atoms with Crippen LogP contribution >= 0.6 is 11.6 Å². The van der Waals surface area contributed by atoms with Crippen LogP contribution in [0.25, 0.3) is 0 Å². The summed E-state index contributed by atoms with van der Waals surface area (Å²) in [6.45, 7) is 5.19. The first-order valence-electron chi connectivity index (χ1n) is 8.87. The number of anilines is 2. The summed E-state index contributed by atoms with van der Waals surface area (Å²) in [4.78, 5) is 19.3. The number of halogens is 1. The lowest BCUT2D eigenvalue weighted by atomic mass is 9.99. The predicted octanol–water partition coefficient (Wildman–Crippen LogP) is 5.06. The van der Waals surface area contributed by atoms with E-state index >= 15 is 0 Å². The van der Waals surface area contributed by atoms with Gasteiger partial charge >= 0.3 is 0 Å². The maximum atomic E-state index is 12.7. The minimum absolute atomic E-state index is 0.162. The molecule has 1 aromatic carbocycles. The Bertz CT molecular complexity index is 762. The molecule has 1 amide bonds. The summed E-state index contributed by atoms with van der Waals surface area (Å²) in [6, 6.07) is 7.95. The lowest BCUT2D eigenvalue weighted by Crippen LogP contribution is -2.39. The van der Waals surface area contributed by atoms with Crippen molar-refractivity contribution in [3.05, 3.63) is 52.8 Å². The summed E-state index contributed by atoms with van der Waals surface area (Å²) in [5.74, 6) is -0.162. The standard InChI is InChI=1S/C20H24ClN3O/c1-3-17-6-4-5-9-24(17)18-10-15(12-22-13-18)20(25)23-19-11-16(21)8-7-14(19)2/h7-8,10-13,17H,3-6,9H2,1-2H3,(H,23,25). The summed E-state index contributed by atoms with van der Waals surface area (Å²) in [7, 11) is 0. The van der Waals surface area contributed by atoms with E-state index in [0.29, 0.717) is 16.6 Å². The number of hydrogen-bond donors (Lipinski definition) is 1. The quantitative estimate of drug-likeness (QED) is 0.831. The molecule has 1 fully saturated rings. The van der Waals surface area contributed by atoms with E-state index in [2.05, 4.69) is 22.1 Å². The van der Waals surface area contributed by atoms with Gasteiger partial charge in [0.05, 0.1) is 17.4 Å². The highest BCUT2D eigenvalue weighted by atomic mass is 35.5. The van der Waals surface area contributed by atoms with Crippen LogP contribution in [0.4, 0.5) is 11.4 Å². The molecule has 5 heteroatoms. The molecule has 0 radical (unpaired) electrons. The topological polar surface area (TPSA) is 45.2 Å². The zero-order chi connectivity index (χ0) is 17.8. The monoisotopic (exact) mass is 357 g/mol. The van der Waals surface area contributed by atoms with E-state index < -0.39 is 0 Å². The number of aromatic nitrogens is 1. The van der Waals surface area contributed by atoms with Crippen molar-refractivity contribution >= 4 is 28.9 Å². The third-order valence-electron chi connectivity index (χ3n) is 4.86. The van der Waals surface area contributed by atoms with Gasteiger partial charge in [0.1, 0.15) is 0 Å².